The molecule has 9 heteroatoms. The van der Waals surface area contributed by atoms with E-state index in [9.17, 15) is 9.90 Å². The number of piperazine rings is 1. The van der Waals surface area contributed by atoms with Crippen LogP contribution in [0.2, 0.25) is 10.0 Å². The zero-order valence-electron chi connectivity index (χ0n) is 17.5. The van der Waals surface area contributed by atoms with E-state index in [2.05, 4.69) is 9.88 Å². The van der Waals surface area contributed by atoms with Gasteiger partial charge in [-0.05, 0) is 31.7 Å². The average molecular weight is 462 g/mol. The molecule has 0 saturated carbocycles. The van der Waals surface area contributed by atoms with Crippen LogP contribution in [0.5, 0.6) is 5.88 Å². The molecule has 0 spiro atoms. The summed E-state index contributed by atoms with van der Waals surface area (Å²) in [6.07, 6.45) is 1.75. The van der Waals surface area contributed by atoms with E-state index in [1.807, 2.05) is 24.9 Å². The van der Waals surface area contributed by atoms with E-state index in [1.54, 1.807) is 22.9 Å². The normalized spacial score (nSPS) is 15.1. The summed E-state index contributed by atoms with van der Waals surface area (Å²) in [7, 11) is 2.04. The molecule has 0 unspecified atom stereocenters. The zero-order chi connectivity index (χ0) is 22.3. The van der Waals surface area contributed by atoms with Gasteiger partial charge < -0.3 is 25.2 Å². The van der Waals surface area contributed by atoms with Crippen LogP contribution in [0.1, 0.15) is 11.3 Å². The van der Waals surface area contributed by atoms with Gasteiger partial charge in [0.25, 0.3) is 0 Å². The SMILES string of the molecule is Cc1nc2c(O)n(CC(=O)N3CCN(C)CC3)cc2c(-c2ccc(Cl)cc2Cl)c1CN. The fourth-order valence-corrected chi connectivity index (χ4v) is 4.58. The summed E-state index contributed by atoms with van der Waals surface area (Å²) in [5.74, 6) is -0.0824. The van der Waals surface area contributed by atoms with Crippen molar-refractivity contribution in [1.82, 2.24) is 19.4 Å². The number of fused-ring (bicyclic) bond motifs is 1. The van der Waals surface area contributed by atoms with Gasteiger partial charge in [-0.25, -0.2) is 4.98 Å². The summed E-state index contributed by atoms with van der Waals surface area (Å²) in [5, 5.41) is 12.6. The summed E-state index contributed by atoms with van der Waals surface area (Å²) >= 11 is 12.6. The number of nitrogens with zero attached hydrogens (tertiary/aromatic N) is 4. The first-order valence-electron chi connectivity index (χ1n) is 10.1. The Morgan fingerprint density at radius 1 is 1.23 bits per heavy atom. The lowest BCUT2D eigenvalue weighted by atomic mass is 9.96. The molecular weight excluding hydrogens is 437 g/mol. The second kappa shape index (κ2) is 8.67. The number of aryl methyl sites for hydroxylation is 1. The van der Waals surface area contributed by atoms with Crippen LogP contribution in [0.25, 0.3) is 22.0 Å². The molecule has 1 aromatic carbocycles. The summed E-state index contributed by atoms with van der Waals surface area (Å²) < 4.78 is 1.55. The fraction of sp³-hybridized carbons (Fsp3) is 0.364. The molecule has 0 atom stereocenters. The molecule has 1 fully saturated rings. The lowest BCUT2D eigenvalue weighted by molar-refractivity contribution is -0.133. The van der Waals surface area contributed by atoms with Crippen LogP contribution < -0.4 is 5.73 Å². The number of carbonyl (C=O) groups excluding carboxylic acids is 1. The molecule has 7 nitrogen and oxygen atoms in total. The van der Waals surface area contributed by atoms with Gasteiger partial charge in [0.1, 0.15) is 12.1 Å². The van der Waals surface area contributed by atoms with Gasteiger partial charge in [-0.15, -0.1) is 0 Å². The summed E-state index contributed by atoms with van der Waals surface area (Å²) in [4.78, 5) is 21.4. The van der Waals surface area contributed by atoms with E-state index in [0.29, 0.717) is 39.7 Å². The molecular formula is C22H25Cl2N5O2. The summed E-state index contributed by atoms with van der Waals surface area (Å²) in [6.45, 7) is 5.18. The maximum absolute atomic E-state index is 12.8. The molecule has 1 saturated heterocycles. The van der Waals surface area contributed by atoms with E-state index in [4.69, 9.17) is 28.9 Å². The number of halogens is 2. The molecule has 0 aliphatic carbocycles. The first kappa shape index (κ1) is 21.9. The number of amides is 1. The van der Waals surface area contributed by atoms with Crippen LogP contribution in [0.15, 0.2) is 24.4 Å². The lowest BCUT2D eigenvalue weighted by Crippen LogP contribution is -2.48. The monoisotopic (exact) mass is 461 g/mol. The van der Waals surface area contributed by atoms with Crippen molar-refractivity contribution in [3.05, 3.63) is 45.7 Å². The van der Waals surface area contributed by atoms with Gasteiger partial charge >= 0.3 is 0 Å². The van der Waals surface area contributed by atoms with E-state index < -0.39 is 0 Å². The largest absolute Gasteiger partial charge is 0.493 e. The predicted molar refractivity (Wildman–Crippen MR) is 124 cm³/mol. The van der Waals surface area contributed by atoms with Crippen molar-refractivity contribution in [2.45, 2.75) is 20.0 Å². The first-order valence-corrected chi connectivity index (χ1v) is 10.9. The molecule has 0 radical (unpaired) electrons. The number of pyridine rings is 1. The smallest absolute Gasteiger partial charge is 0.242 e. The Labute approximate surface area is 191 Å². The Morgan fingerprint density at radius 2 is 1.94 bits per heavy atom. The highest BCUT2D eigenvalue weighted by atomic mass is 35.5. The molecule has 3 N–H and O–H groups in total. The molecule has 164 valence electrons. The minimum atomic E-state index is -0.0458. The molecule has 1 aliphatic heterocycles. The molecule has 2 aromatic heterocycles. The second-order valence-electron chi connectivity index (χ2n) is 7.91. The topological polar surface area (TPSA) is 87.6 Å². The number of benzene rings is 1. The van der Waals surface area contributed by atoms with Crippen LogP contribution >= 0.6 is 23.2 Å². The summed E-state index contributed by atoms with van der Waals surface area (Å²) in [5.41, 5.74) is 9.56. The maximum atomic E-state index is 12.8. The number of nitrogens with two attached hydrogens (primary N) is 1. The number of hydrogen-bond donors (Lipinski definition) is 2. The number of aromatic nitrogens is 2. The Kier molecular flexibility index (Phi) is 6.12. The third-order valence-corrected chi connectivity index (χ3v) is 6.43. The van der Waals surface area contributed by atoms with Crippen molar-refractivity contribution in [3.63, 3.8) is 0 Å². The minimum absolute atomic E-state index is 0.0365. The maximum Gasteiger partial charge on any atom is 0.242 e. The second-order valence-corrected chi connectivity index (χ2v) is 8.75. The Bertz CT molecular complexity index is 1150. The molecule has 3 aromatic rings. The van der Waals surface area contributed by atoms with Crippen molar-refractivity contribution in [2.24, 2.45) is 5.73 Å². The van der Waals surface area contributed by atoms with Gasteiger partial charge in [-0.1, -0.05) is 29.3 Å². The van der Waals surface area contributed by atoms with Gasteiger partial charge in [0.2, 0.25) is 11.8 Å². The summed E-state index contributed by atoms with van der Waals surface area (Å²) in [6, 6.07) is 5.27. The van der Waals surface area contributed by atoms with Crippen LogP contribution in [-0.4, -0.2) is 63.6 Å². The van der Waals surface area contributed by atoms with Crippen LogP contribution in [0, 0.1) is 6.92 Å². The lowest BCUT2D eigenvalue weighted by Gasteiger charge is -2.32. The third-order valence-electron chi connectivity index (χ3n) is 5.88. The van der Waals surface area contributed by atoms with Crippen molar-refractivity contribution in [2.75, 3.05) is 33.2 Å². The van der Waals surface area contributed by atoms with Crippen molar-refractivity contribution in [3.8, 4) is 17.0 Å². The fourth-order valence-electron chi connectivity index (χ4n) is 4.08. The van der Waals surface area contributed by atoms with Crippen LogP contribution in [0.3, 0.4) is 0 Å². The highest BCUT2D eigenvalue weighted by Gasteiger charge is 2.24. The van der Waals surface area contributed by atoms with Gasteiger partial charge in [-0.3, -0.25) is 4.79 Å². The molecule has 0 bridgehead atoms. The number of rotatable bonds is 4. The van der Waals surface area contributed by atoms with E-state index in [1.165, 1.54) is 0 Å². The van der Waals surface area contributed by atoms with Gasteiger partial charge in [0.05, 0.1) is 0 Å². The molecule has 1 aliphatic rings. The van der Waals surface area contributed by atoms with E-state index in [-0.39, 0.29) is 24.9 Å². The first-order chi connectivity index (χ1) is 14.8. The standard InChI is InChI=1S/C22H25Cl2N5O2/c1-13-16(10-25)20(15-4-3-14(23)9-18(15)24)17-11-29(22(31)21(17)26-13)12-19(30)28-7-5-27(2)6-8-28/h3-4,9,11,31H,5-8,10,12,25H2,1-2H3. The highest BCUT2D eigenvalue weighted by Crippen LogP contribution is 2.40. The Balaban J connectivity index is 1.80. The van der Waals surface area contributed by atoms with Gasteiger partial charge in [-0.2, -0.15) is 0 Å². The highest BCUT2D eigenvalue weighted by molar-refractivity contribution is 6.36. The van der Waals surface area contributed by atoms with Crippen molar-refractivity contribution < 1.29 is 9.90 Å². The van der Waals surface area contributed by atoms with Gasteiger partial charge in [0.15, 0.2) is 0 Å². The Hall–Kier alpha value is -2.32. The number of aromatic hydroxyl groups is 1. The molecule has 31 heavy (non-hydrogen) atoms. The van der Waals surface area contributed by atoms with Crippen LogP contribution in [-0.2, 0) is 17.9 Å². The Morgan fingerprint density at radius 3 is 2.58 bits per heavy atom. The van der Waals surface area contributed by atoms with Crippen LogP contribution in [0.4, 0.5) is 0 Å². The minimum Gasteiger partial charge on any atom is -0.493 e. The van der Waals surface area contributed by atoms with Crippen molar-refractivity contribution >= 4 is 40.0 Å². The molecule has 4 rings (SSSR count). The quantitative estimate of drug-likeness (QED) is 0.622. The third kappa shape index (κ3) is 4.11. The van der Waals surface area contributed by atoms with E-state index >= 15 is 0 Å². The molecule has 1 amide bonds. The molecule has 3 heterocycles. The predicted octanol–water partition coefficient (Wildman–Crippen LogP) is 3.26. The van der Waals surface area contributed by atoms with Gasteiger partial charge in [0, 0.05) is 71.2 Å². The number of likely N-dealkylation sites (N-methyl/N-ethyl adjacent to an activating group) is 1. The van der Waals surface area contributed by atoms with E-state index in [0.717, 1.165) is 29.8 Å². The van der Waals surface area contributed by atoms with Crippen molar-refractivity contribution in [1.29, 1.82) is 0 Å². The number of hydrogen-bond acceptors (Lipinski definition) is 5. The average Bonchev–Trinajstić information content (AvgIpc) is 3.03. The number of carbonyl (C=O) groups is 1. The zero-order valence-corrected chi connectivity index (χ0v) is 19.0.